The van der Waals surface area contributed by atoms with Gasteiger partial charge < -0.3 is 99.9 Å². The van der Waals surface area contributed by atoms with Crippen molar-refractivity contribution < 1.29 is 99.9 Å². The molecule has 17 atom stereocenters. The van der Waals surface area contributed by atoms with E-state index in [1.165, 1.54) is 0 Å². The second kappa shape index (κ2) is 16.2. The fourth-order valence-corrected chi connectivity index (χ4v) is 4.96. The van der Waals surface area contributed by atoms with Gasteiger partial charge in [0.15, 0.2) is 18.9 Å². The van der Waals surface area contributed by atoms with Crippen molar-refractivity contribution in [2.45, 2.75) is 110 Å². The lowest BCUT2D eigenvalue weighted by Crippen LogP contribution is -2.67. The van der Waals surface area contributed by atoms with Crippen molar-refractivity contribution in [3.8, 4) is 0 Å². The molecule has 0 saturated carbocycles. The Morgan fingerprint density at radius 2 is 0.837 bits per heavy atom. The van der Waals surface area contributed by atoms with E-state index in [2.05, 4.69) is 0 Å². The van der Waals surface area contributed by atoms with Crippen molar-refractivity contribution in [1.82, 2.24) is 0 Å². The Balaban J connectivity index is 1.71. The zero-order valence-corrected chi connectivity index (χ0v) is 22.6. The molecule has 0 aromatic carbocycles. The predicted molar refractivity (Wildman–Crippen MR) is 130 cm³/mol. The van der Waals surface area contributed by atoms with Crippen molar-refractivity contribution in [2.24, 2.45) is 0 Å². The molecule has 20 heteroatoms. The summed E-state index contributed by atoms with van der Waals surface area (Å²) in [7, 11) is 0. The van der Waals surface area contributed by atoms with Crippen molar-refractivity contribution in [2.75, 3.05) is 33.0 Å². The monoisotopic (exact) mass is 638 g/mol. The van der Waals surface area contributed by atoms with Crippen molar-refractivity contribution in [1.29, 1.82) is 0 Å². The number of aliphatic hydroxyl groups is 14. The van der Waals surface area contributed by atoms with Crippen LogP contribution in [0.4, 0.5) is 0 Å². The smallest absolute Gasteiger partial charge is 0.187 e. The summed E-state index contributed by atoms with van der Waals surface area (Å²) in [6, 6.07) is 0. The van der Waals surface area contributed by atoms with Gasteiger partial charge in [-0.2, -0.15) is 0 Å². The first-order chi connectivity index (χ1) is 20.3. The molecule has 0 radical (unpaired) electrons. The lowest BCUT2D eigenvalue weighted by Gasteiger charge is -2.48. The molecule has 0 aliphatic carbocycles. The molecule has 0 aromatic rings. The Kier molecular flexibility index (Phi) is 13.8. The lowest BCUT2D eigenvalue weighted by atomic mass is 9.96. The van der Waals surface area contributed by atoms with E-state index in [9.17, 15) is 71.5 Å². The van der Waals surface area contributed by atoms with Crippen LogP contribution in [0.15, 0.2) is 0 Å². The van der Waals surface area contributed by atoms with Crippen LogP contribution in [-0.2, 0) is 28.4 Å². The predicted octanol–water partition coefficient (Wildman–Crippen LogP) is -9.47. The molecule has 3 aliphatic heterocycles. The molecular formula is C23H42O20. The molecule has 20 nitrogen and oxygen atoms in total. The van der Waals surface area contributed by atoms with Crippen LogP contribution in [-0.4, -0.2) is 215 Å². The van der Waals surface area contributed by atoms with Crippen molar-refractivity contribution in [3.05, 3.63) is 0 Å². The number of ether oxygens (including phenoxy) is 6. The first-order valence-electron chi connectivity index (χ1n) is 13.4. The molecule has 3 saturated heterocycles. The summed E-state index contributed by atoms with van der Waals surface area (Å²) < 4.78 is 32.4. The maximum atomic E-state index is 10.8. The molecule has 43 heavy (non-hydrogen) atoms. The van der Waals surface area contributed by atoms with Crippen LogP contribution < -0.4 is 0 Å². The van der Waals surface area contributed by atoms with Gasteiger partial charge in [0.2, 0.25) is 0 Å². The van der Waals surface area contributed by atoms with Crippen LogP contribution >= 0.6 is 0 Å². The number of hydrogen-bond donors (Lipinski definition) is 14. The van der Waals surface area contributed by atoms with Crippen LogP contribution in [0.5, 0.6) is 0 Å². The maximum absolute atomic E-state index is 10.8. The topological polar surface area (TPSA) is 339 Å². The number of rotatable bonds is 13. The fraction of sp³-hybridized carbons (Fsp3) is 1.00. The molecule has 3 heterocycles. The van der Waals surface area contributed by atoms with Gasteiger partial charge in [-0.3, -0.25) is 0 Å². The van der Waals surface area contributed by atoms with Crippen molar-refractivity contribution >= 4 is 0 Å². The van der Waals surface area contributed by atoms with Gasteiger partial charge in [-0.15, -0.1) is 0 Å². The van der Waals surface area contributed by atoms with Crippen LogP contribution in [0.25, 0.3) is 0 Å². The zero-order chi connectivity index (χ0) is 32.2. The van der Waals surface area contributed by atoms with Gasteiger partial charge in [0.1, 0.15) is 91.6 Å². The van der Waals surface area contributed by atoms with Gasteiger partial charge in [-0.05, 0) is 0 Å². The molecule has 0 bridgehead atoms. The Labute approximate surface area is 244 Å². The minimum absolute atomic E-state index is 0.781. The highest BCUT2D eigenvalue weighted by Gasteiger charge is 2.54. The summed E-state index contributed by atoms with van der Waals surface area (Å²) in [5.74, 6) is 0. The lowest BCUT2D eigenvalue weighted by molar-refractivity contribution is -0.382. The Morgan fingerprint density at radius 1 is 0.465 bits per heavy atom. The van der Waals surface area contributed by atoms with E-state index < -0.39 is 143 Å². The third-order valence-corrected chi connectivity index (χ3v) is 7.50. The largest absolute Gasteiger partial charge is 0.394 e. The van der Waals surface area contributed by atoms with Gasteiger partial charge in [0.05, 0.1) is 33.0 Å². The second-order valence-electron chi connectivity index (χ2n) is 10.4. The summed E-state index contributed by atoms with van der Waals surface area (Å²) >= 11 is 0. The van der Waals surface area contributed by atoms with E-state index in [-0.39, 0.29) is 0 Å². The third-order valence-electron chi connectivity index (χ3n) is 7.50. The molecule has 0 amide bonds. The van der Waals surface area contributed by atoms with E-state index in [0.29, 0.717) is 0 Å². The average molecular weight is 639 g/mol. The minimum Gasteiger partial charge on any atom is -0.394 e. The van der Waals surface area contributed by atoms with Gasteiger partial charge in [0.25, 0.3) is 0 Å². The zero-order valence-electron chi connectivity index (χ0n) is 22.6. The second-order valence-corrected chi connectivity index (χ2v) is 10.4. The Morgan fingerprint density at radius 3 is 1.26 bits per heavy atom. The highest BCUT2D eigenvalue weighted by molar-refractivity contribution is 4.96. The third kappa shape index (κ3) is 7.96. The minimum atomic E-state index is -2.01. The van der Waals surface area contributed by atoms with E-state index in [0.717, 1.165) is 0 Å². The van der Waals surface area contributed by atoms with E-state index in [4.69, 9.17) is 28.4 Å². The fourth-order valence-electron chi connectivity index (χ4n) is 4.96. The molecule has 3 fully saturated rings. The summed E-state index contributed by atoms with van der Waals surface area (Å²) in [5, 5.41) is 140. The molecule has 17 unspecified atom stereocenters. The molecule has 254 valence electrons. The summed E-state index contributed by atoms with van der Waals surface area (Å²) in [4.78, 5) is 0. The van der Waals surface area contributed by atoms with E-state index in [1.807, 2.05) is 0 Å². The van der Waals surface area contributed by atoms with Crippen molar-refractivity contribution in [3.63, 3.8) is 0 Å². The van der Waals surface area contributed by atoms with E-state index in [1.54, 1.807) is 0 Å². The first-order valence-corrected chi connectivity index (χ1v) is 13.4. The van der Waals surface area contributed by atoms with E-state index >= 15 is 0 Å². The van der Waals surface area contributed by atoms with Crippen LogP contribution in [0.3, 0.4) is 0 Å². The SMILES string of the molecule is OCC(O)C(OC1OC(CO)C(OC2OC(CO)C(OC3OC(CO)C(O)C(O)C3O)C(O)C2O)C(O)C1O)C(O)CO. The molecule has 3 rings (SSSR count). The summed E-state index contributed by atoms with van der Waals surface area (Å²) in [6.45, 7) is -4.42. The van der Waals surface area contributed by atoms with Gasteiger partial charge >= 0.3 is 0 Å². The van der Waals surface area contributed by atoms with Crippen LogP contribution in [0, 0.1) is 0 Å². The highest BCUT2D eigenvalue weighted by atomic mass is 16.8. The van der Waals surface area contributed by atoms with Gasteiger partial charge in [-0.25, -0.2) is 0 Å². The van der Waals surface area contributed by atoms with Gasteiger partial charge in [-0.1, -0.05) is 0 Å². The highest BCUT2D eigenvalue weighted by Crippen LogP contribution is 2.33. The molecule has 14 N–H and O–H groups in total. The maximum Gasteiger partial charge on any atom is 0.187 e. The molecular weight excluding hydrogens is 596 g/mol. The Bertz CT molecular complexity index is 810. The standard InChI is InChI=1S/C23H42O20/c24-1-6(29)18(7(30)2-25)41-22-16(36)13(33)20(9(4-27)39-22)43-23-17(37)14(34)19(10(5-28)40-23)42-21-15(35)12(32)11(31)8(3-26)38-21/h6-37H,1-5H2. The molecule has 0 aromatic heterocycles. The Hall–Kier alpha value is -0.800. The first kappa shape index (κ1) is 36.7. The molecule has 0 spiro atoms. The molecule has 3 aliphatic rings. The summed E-state index contributed by atoms with van der Waals surface area (Å²) in [5.41, 5.74) is 0. The normalized spacial score (nSPS) is 46.3. The van der Waals surface area contributed by atoms with Crippen LogP contribution in [0.1, 0.15) is 0 Å². The number of hydrogen-bond acceptors (Lipinski definition) is 20. The van der Waals surface area contributed by atoms with Crippen LogP contribution in [0.2, 0.25) is 0 Å². The number of aliphatic hydroxyl groups excluding tert-OH is 14. The summed E-state index contributed by atoms with van der Waals surface area (Å²) in [6.07, 6.45) is -31.8. The van der Waals surface area contributed by atoms with Gasteiger partial charge in [0, 0.05) is 0 Å². The quantitative estimate of drug-likeness (QED) is 0.0890. The average Bonchev–Trinajstić information content (AvgIpc) is 3.01.